The van der Waals surface area contributed by atoms with Crippen LogP contribution < -0.4 is 10.1 Å². The van der Waals surface area contributed by atoms with Gasteiger partial charge in [-0.3, -0.25) is 5.10 Å². The first-order valence-corrected chi connectivity index (χ1v) is 7.63. The van der Waals surface area contributed by atoms with E-state index in [-0.39, 0.29) is 18.5 Å². The number of hydrogen-bond acceptors (Lipinski definition) is 5. The number of aromatic amines is 1. The quantitative estimate of drug-likeness (QED) is 0.852. The number of ether oxygens (including phenoxy) is 2. The molecule has 0 amide bonds. The van der Waals surface area contributed by atoms with Crippen LogP contribution in [0.2, 0.25) is 0 Å². The molecule has 0 saturated heterocycles. The summed E-state index contributed by atoms with van der Waals surface area (Å²) in [5, 5.41) is 10.5. The molecule has 1 aromatic heterocycles. The van der Waals surface area contributed by atoms with E-state index in [0.29, 0.717) is 12.2 Å². The lowest BCUT2D eigenvalue weighted by atomic mass is 9.82. The lowest BCUT2D eigenvalue weighted by Gasteiger charge is -2.24. The highest BCUT2D eigenvalue weighted by molar-refractivity contribution is 5.97. The molecule has 0 fully saturated rings. The van der Waals surface area contributed by atoms with Crippen molar-refractivity contribution in [2.75, 3.05) is 18.5 Å². The molecule has 3 heterocycles. The number of nitrogens with one attached hydrogen (secondary N) is 2. The van der Waals surface area contributed by atoms with E-state index >= 15 is 0 Å². The van der Waals surface area contributed by atoms with Crippen LogP contribution in [0.1, 0.15) is 29.7 Å². The molecule has 23 heavy (non-hydrogen) atoms. The SMILES string of the molecule is CCOc1ccc([C@H]2C3=C(COC3=O)Nc3n[nH]c(C)c32)cc1. The Morgan fingerprint density at radius 2 is 2.13 bits per heavy atom. The van der Waals surface area contributed by atoms with E-state index in [1.807, 2.05) is 38.1 Å². The molecule has 1 atom stereocenters. The minimum absolute atomic E-state index is 0.175. The second-order valence-corrected chi connectivity index (χ2v) is 5.64. The van der Waals surface area contributed by atoms with Gasteiger partial charge >= 0.3 is 5.97 Å². The Balaban J connectivity index is 1.83. The van der Waals surface area contributed by atoms with Crippen LogP contribution in [0, 0.1) is 6.92 Å². The number of fused-ring (bicyclic) bond motifs is 1. The number of anilines is 1. The average molecular weight is 311 g/mol. The standard InChI is InChI=1S/C17H17N3O3/c1-3-22-11-6-4-10(5-7-11)14-13-9(2)19-20-16(13)18-12-8-23-17(21)15(12)14/h4-7,14H,3,8H2,1-2H3,(H2,18,19,20)/t14-/m1/s1. The Morgan fingerprint density at radius 3 is 2.87 bits per heavy atom. The van der Waals surface area contributed by atoms with Gasteiger partial charge in [-0.1, -0.05) is 12.1 Å². The number of H-pyrrole nitrogens is 1. The Bertz CT molecular complexity index is 805. The normalized spacial score (nSPS) is 19.0. The molecule has 2 aliphatic rings. The molecule has 0 radical (unpaired) electrons. The highest BCUT2D eigenvalue weighted by atomic mass is 16.5. The maximum atomic E-state index is 12.2. The van der Waals surface area contributed by atoms with Gasteiger partial charge in [0.2, 0.25) is 0 Å². The average Bonchev–Trinajstić information content (AvgIpc) is 3.11. The summed E-state index contributed by atoms with van der Waals surface area (Å²) in [7, 11) is 0. The molecule has 0 spiro atoms. The molecule has 0 unspecified atom stereocenters. The summed E-state index contributed by atoms with van der Waals surface area (Å²) in [6, 6.07) is 7.84. The van der Waals surface area contributed by atoms with Gasteiger partial charge in [0, 0.05) is 17.2 Å². The smallest absolute Gasteiger partial charge is 0.337 e. The fraction of sp³-hybridized carbons (Fsp3) is 0.294. The van der Waals surface area contributed by atoms with Crippen molar-refractivity contribution in [3.63, 3.8) is 0 Å². The summed E-state index contributed by atoms with van der Waals surface area (Å²) < 4.78 is 10.7. The van der Waals surface area contributed by atoms with Crippen molar-refractivity contribution < 1.29 is 14.3 Å². The Kier molecular flexibility index (Phi) is 3.11. The van der Waals surface area contributed by atoms with E-state index in [9.17, 15) is 4.79 Å². The van der Waals surface area contributed by atoms with Crippen LogP contribution in [0.5, 0.6) is 5.75 Å². The number of cyclic esters (lactones) is 1. The van der Waals surface area contributed by atoms with Crippen molar-refractivity contribution >= 4 is 11.8 Å². The highest BCUT2D eigenvalue weighted by Crippen LogP contribution is 2.44. The molecule has 4 rings (SSSR count). The van der Waals surface area contributed by atoms with E-state index in [0.717, 1.165) is 34.1 Å². The fourth-order valence-corrected chi connectivity index (χ4v) is 3.24. The van der Waals surface area contributed by atoms with E-state index < -0.39 is 0 Å². The lowest BCUT2D eigenvalue weighted by Crippen LogP contribution is -2.19. The minimum Gasteiger partial charge on any atom is -0.494 e. The van der Waals surface area contributed by atoms with Gasteiger partial charge in [-0.25, -0.2) is 4.79 Å². The molecular weight excluding hydrogens is 294 g/mol. The van der Waals surface area contributed by atoms with Crippen LogP contribution in [-0.2, 0) is 9.53 Å². The molecule has 0 bridgehead atoms. The van der Waals surface area contributed by atoms with Crippen molar-refractivity contribution in [1.29, 1.82) is 0 Å². The number of esters is 1. The summed E-state index contributed by atoms with van der Waals surface area (Å²) in [4.78, 5) is 12.2. The minimum atomic E-state index is -0.266. The molecular formula is C17H17N3O3. The molecule has 6 nitrogen and oxygen atoms in total. The van der Waals surface area contributed by atoms with Crippen molar-refractivity contribution in [3.8, 4) is 5.75 Å². The van der Waals surface area contributed by atoms with Crippen LogP contribution >= 0.6 is 0 Å². The summed E-state index contributed by atoms with van der Waals surface area (Å²) in [5.74, 6) is 1.14. The van der Waals surface area contributed by atoms with Gasteiger partial charge in [-0.15, -0.1) is 0 Å². The van der Waals surface area contributed by atoms with E-state index in [1.165, 1.54) is 0 Å². The predicted molar refractivity (Wildman–Crippen MR) is 84.4 cm³/mol. The molecule has 2 N–H and O–H groups in total. The number of aromatic nitrogens is 2. The Morgan fingerprint density at radius 1 is 1.35 bits per heavy atom. The lowest BCUT2D eigenvalue weighted by molar-refractivity contribution is -0.136. The number of nitrogens with zero attached hydrogens (tertiary/aromatic N) is 1. The molecule has 6 heteroatoms. The molecule has 2 aliphatic heterocycles. The van der Waals surface area contributed by atoms with Crippen molar-refractivity contribution in [1.82, 2.24) is 10.2 Å². The van der Waals surface area contributed by atoms with E-state index in [4.69, 9.17) is 9.47 Å². The third-order valence-electron chi connectivity index (χ3n) is 4.26. The van der Waals surface area contributed by atoms with Crippen LogP contribution in [0.15, 0.2) is 35.5 Å². The zero-order valence-corrected chi connectivity index (χ0v) is 13.0. The third-order valence-corrected chi connectivity index (χ3v) is 4.26. The maximum absolute atomic E-state index is 12.2. The number of carbonyl (C=O) groups excluding carboxylic acids is 1. The van der Waals surface area contributed by atoms with Crippen molar-refractivity contribution in [2.24, 2.45) is 0 Å². The van der Waals surface area contributed by atoms with Crippen LogP contribution in [0.4, 0.5) is 5.82 Å². The molecule has 0 saturated carbocycles. The van der Waals surface area contributed by atoms with Crippen LogP contribution in [-0.4, -0.2) is 29.4 Å². The topological polar surface area (TPSA) is 76.2 Å². The Labute approximate surface area is 133 Å². The Hall–Kier alpha value is -2.76. The highest BCUT2D eigenvalue weighted by Gasteiger charge is 2.40. The molecule has 118 valence electrons. The van der Waals surface area contributed by atoms with Gasteiger partial charge in [-0.2, -0.15) is 5.10 Å². The van der Waals surface area contributed by atoms with E-state index in [2.05, 4.69) is 15.5 Å². The molecule has 2 aromatic rings. The monoisotopic (exact) mass is 311 g/mol. The number of hydrogen-bond donors (Lipinski definition) is 2. The second-order valence-electron chi connectivity index (χ2n) is 5.64. The summed E-state index contributed by atoms with van der Waals surface area (Å²) in [6.07, 6.45) is 0. The first-order valence-electron chi connectivity index (χ1n) is 7.63. The van der Waals surface area contributed by atoms with Crippen LogP contribution in [0.25, 0.3) is 0 Å². The predicted octanol–water partition coefficient (Wildman–Crippen LogP) is 2.49. The van der Waals surface area contributed by atoms with Crippen LogP contribution in [0.3, 0.4) is 0 Å². The molecule has 0 aliphatic carbocycles. The van der Waals surface area contributed by atoms with Crippen molar-refractivity contribution in [2.45, 2.75) is 19.8 Å². The number of aryl methyl sites for hydroxylation is 1. The second kappa shape index (κ2) is 5.15. The molecule has 1 aromatic carbocycles. The number of benzene rings is 1. The maximum Gasteiger partial charge on any atom is 0.337 e. The largest absolute Gasteiger partial charge is 0.494 e. The zero-order chi connectivity index (χ0) is 16.0. The summed E-state index contributed by atoms with van der Waals surface area (Å²) >= 11 is 0. The summed E-state index contributed by atoms with van der Waals surface area (Å²) in [6.45, 7) is 4.81. The summed E-state index contributed by atoms with van der Waals surface area (Å²) in [5.41, 5.74) is 4.43. The van der Waals surface area contributed by atoms with Gasteiger partial charge in [0.05, 0.1) is 17.9 Å². The van der Waals surface area contributed by atoms with Gasteiger partial charge in [0.1, 0.15) is 12.4 Å². The van der Waals surface area contributed by atoms with Gasteiger partial charge in [0.15, 0.2) is 5.82 Å². The fourth-order valence-electron chi connectivity index (χ4n) is 3.24. The van der Waals surface area contributed by atoms with Crippen molar-refractivity contribution in [3.05, 3.63) is 52.4 Å². The zero-order valence-electron chi connectivity index (χ0n) is 13.0. The third kappa shape index (κ3) is 2.10. The number of carbonyl (C=O) groups is 1. The first-order chi connectivity index (χ1) is 11.2. The van der Waals surface area contributed by atoms with Gasteiger partial charge < -0.3 is 14.8 Å². The number of rotatable bonds is 3. The van der Waals surface area contributed by atoms with Gasteiger partial charge in [-0.05, 0) is 31.5 Å². The van der Waals surface area contributed by atoms with Gasteiger partial charge in [0.25, 0.3) is 0 Å². The van der Waals surface area contributed by atoms with E-state index in [1.54, 1.807) is 0 Å². The first kappa shape index (κ1) is 13.9.